The minimum atomic E-state index is -4.45. The van der Waals surface area contributed by atoms with E-state index in [1.807, 2.05) is 20.8 Å². The molecule has 0 unspecified atom stereocenters. The summed E-state index contributed by atoms with van der Waals surface area (Å²) in [6, 6.07) is 4.05. The number of esters is 1. The molecule has 2 rings (SSSR count). The van der Waals surface area contributed by atoms with Gasteiger partial charge in [-0.15, -0.1) is 0 Å². The predicted octanol–water partition coefficient (Wildman–Crippen LogP) is 3.02. The van der Waals surface area contributed by atoms with Gasteiger partial charge in [-0.2, -0.15) is 13.2 Å². The standard InChI is InChI=1S/C20H25F3N2O4/c1-19(2,3)24-16(26)12-29-18(28)14-8-10-25(11-9-14)17(27)13-4-6-15(7-5-13)20(21,22)23/h4-7,14H,8-12H2,1-3H3,(H,24,26). The maximum atomic E-state index is 12.6. The van der Waals surface area contributed by atoms with Crippen LogP contribution in [0.4, 0.5) is 13.2 Å². The molecule has 0 aliphatic carbocycles. The molecule has 1 heterocycles. The number of rotatable bonds is 4. The quantitative estimate of drug-likeness (QED) is 0.769. The van der Waals surface area contributed by atoms with Gasteiger partial charge in [-0.25, -0.2) is 0 Å². The molecule has 1 N–H and O–H groups in total. The Bertz CT molecular complexity index is 746. The summed E-state index contributed by atoms with van der Waals surface area (Å²) in [5, 5.41) is 2.69. The largest absolute Gasteiger partial charge is 0.455 e. The zero-order chi connectivity index (χ0) is 21.8. The van der Waals surface area contributed by atoms with Gasteiger partial charge in [-0.1, -0.05) is 0 Å². The zero-order valence-electron chi connectivity index (χ0n) is 16.6. The Labute approximate surface area is 167 Å². The second kappa shape index (κ2) is 8.84. The van der Waals surface area contributed by atoms with E-state index in [4.69, 9.17) is 4.74 Å². The van der Waals surface area contributed by atoms with Crippen LogP contribution >= 0.6 is 0 Å². The number of halogens is 3. The first-order chi connectivity index (χ1) is 13.4. The summed E-state index contributed by atoms with van der Waals surface area (Å²) in [6.45, 7) is 5.66. The third kappa shape index (κ3) is 6.76. The van der Waals surface area contributed by atoms with E-state index in [1.165, 1.54) is 4.90 Å². The van der Waals surface area contributed by atoms with Gasteiger partial charge in [0.15, 0.2) is 6.61 Å². The highest BCUT2D eigenvalue weighted by molar-refractivity contribution is 5.94. The van der Waals surface area contributed by atoms with Gasteiger partial charge in [0.2, 0.25) is 0 Å². The first-order valence-electron chi connectivity index (χ1n) is 9.31. The van der Waals surface area contributed by atoms with Crippen molar-refractivity contribution in [2.24, 2.45) is 5.92 Å². The molecule has 1 aromatic rings. The Kier molecular flexibility index (Phi) is 6.92. The number of carbonyl (C=O) groups is 3. The van der Waals surface area contributed by atoms with Crippen LogP contribution in [0.5, 0.6) is 0 Å². The molecule has 1 fully saturated rings. The molecule has 1 aliphatic rings. The van der Waals surface area contributed by atoms with Crippen molar-refractivity contribution >= 4 is 17.8 Å². The topological polar surface area (TPSA) is 75.7 Å². The number of ether oxygens (including phenoxy) is 1. The summed E-state index contributed by atoms with van der Waals surface area (Å²) in [4.78, 5) is 37.8. The molecule has 0 atom stereocenters. The minimum absolute atomic E-state index is 0.165. The van der Waals surface area contributed by atoms with Crippen LogP contribution in [0, 0.1) is 5.92 Å². The summed E-state index contributed by atoms with van der Waals surface area (Å²) >= 11 is 0. The van der Waals surface area contributed by atoms with Gasteiger partial charge in [0.05, 0.1) is 11.5 Å². The highest BCUT2D eigenvalue weighted by Gasteiger charge is 2.32. The number of nitrogens with zero attached hydrogens (tertiary/aromatic N) is 1. The molecule has 0 bridgehead atoms. The van der Waals surface area contributed by atoms with Crippen molar-refractivity contribution in [1.82, 2.24) is 10.2 Å². The Morgan fingerprint density at radius 3 is 2.10 bits per heavy atom. The fourth-order valence-electron chi connectivity index (χ4n) is 3.01. The number of carbonyl (C=O) groups excluding carboxylic acids is 3. The smallest absolute Gasteiger partial charge is 0.416 e. The lowest BCUT2D eigenvalue weighted by Gasteiger charge is -2.31. The van der Waals surface area contributed by atoms with Crippen LogP contribution in [0.25, 0.3) is 0 Å². The lowest BCUT2D eigenvalue weighted by molar-refractivity contribution is -0.154. The van der Waals surface area contributed by atoms with E-state index >= 15 is 0 Å². The number of benzene rings is 1. The minimum Gasteiger partial charge on any atom is -0.455 e. The van der Waals surface area contributed by atoms with Gasteiger partial charge in [-0.3, -0.25) is 14.4 Å². The molecule has 9 heteroatoms. The molecule has 0 radical (unpaired) electrons. The molecule has 29 heavy (non-hydrogen) atoms. The van der Waals surface area contributed by atoms with Crippen LogP contribution < -0.4 is 5.32 Å². The molecule has 1 aromatic carbocycles. The number of hydrogen-bond donors (Lipinski definition) is 1. The summed E-state index contributed by atoms with van der Waals surface area (Å²) in [7, 11) is 0. The van der Waals surface area contributed by atoms with Crippen LogP contribution in [-0.2, 0) is 20.5 Å². The van der Waals surface area contributed by atoms with Gasteiger partial charge in [0.25, 0.3) is 11.8 Å². The average molecular weight is 414 g/mol. The van der Waals surface area contributed by atoms with E-state index in [0.29, 0.717) is 12.8 Å². The van der Waals surface area contributed by atoms with Crippen LogP contribution in [0.2, 0.25) is 0 Å². The fraction of sp³-hybridized carbons (Fsp3) is 0.550. The van der Waals surface area contributed by atoms with Crippen LogP contribution in [0.15, 0.2) is 24.3 Å². The second-order valence-corrected chi connectivity index (χ2v) is 8.05. The third-order valence-corrected chi connectivity index (χ3v) is 4.43. The van der Waals surface area contributed by atoms with Crippen molar-refractivity contribution in [3.8, 4) is 0 Å². The predicted molar refractivity (Wildman–Crippen MR) is 98.9 cm³/mol. The molecule has 160 valence electrons. The number of likely N-dealkylation sites (tertiary alicyclic amines) is 1. The monoisotopic (exact) mass is 414 g/mol. The summed E-state index contributed by atoms with van der Waals surface area (Å²) in [6.07, 6.45) is -3.72. The van der Waals surface area contributed by atoms with E-state index < -0.39 is 29.2 Å². The molecule has 0 spiro atoms. The molecule has 1 saturated heterocycles. The molecule has 0 aromatic heterocycles. The third-order valence-electron chi connectivity index (χ3n) is 4.43. The normalized spacial score (nSPS) is 15.7. The van der Waals surface area contributed by atoms with Crippen molar-refractivity contribution in [3.63, 3.8) is 0 Å². The number of alkyl halides is 3. The van der Waals surface area contributed by atoms with Gasteiger partial charge >= 0.3 is 12.1 Å². The molecule has 1 aliphatic heterocycles. The van der Waals surface area contributed by atoms with E-state index in [9.17, 15) is 27.6 Å². The Balaban J connectivity index is 1.83. The highest BCUT2D eigenvalue weighted by atomic mass is 19.4. The molecular formula is C20H25F3N2O4. The molecule has 6 nitrogen and oxygen atoms in total. The molecule has 0 saturated carbocycles. The summed E-state index contributed by atoms with van der Waals surface area (Å²) in [5.41, 5.74) is -1.07. The molecular weight excluding hydrogens is 389 g/mol. The summed E-state index contributed by atoms with van der Waals surface area (Å²) in [5.74, 6) is -1.68. The lowest BCUT2D eigenvalue weighted by atomic mass is 9.96. The van der Waals surface area contributed by atoms with Gasteiger partial charge in [-0.05, 0) is 57.9 Å². The maximum Gasteiger partial charge on any atom is 0.416 e. The Hall–Kier alpha value is -2.58. The van der Waals surface area contributed by atoms with Gasteiger partial charge in [0.1, 0.15) is 0 Å². The number of nitrogens with one attached hydrogen (secondary N) is 1. The van der Waals surface area contributed by atoms with Crippen molar-refractivity contribution in [1.29, 1.82) is 0 Å². The van der Waals surface area contributed by atoms with E-state index in [1.54, 1.807) is 0 Å². The van der Waals surface area contributed by atoms with Crippen LogP contribution in [-0.4, -0.2) is 47.9 Å². The van der Waals surface area contributed by atoms with Gasteiger partial charge < -0.3 is 15.0 Å². The van der Waals surface area contributed by atoms with Crippen molar-refractivity contribution < 1.29 is 32.3 Å². The van der Waals surface area contributed by atoms with Gasteiger partial charge in [0, 0.05) is 24.2 Å². The zero-order valence-corrected chi connectivity index (χ0v) is 16.6. The van der Waals surface area contributed by atoms with E-state index in [2.05, 4.69) is 5.32 Å². The first-order valence-corrected chi connectivity index (χ1v) is 9.31. The summed E-state index contributed by atoms with van der Waals surface area (Å²) < 4.78 is 42.9. The van der Waals surface area contributed by atoms with E-state index in [0.717, 1.165) is 24.3 Å². The SMILES string of the molecule is CC(C)(C)NC(=O)COC(=O)C1CCN(C(=O)c2ccc(C(F)(F)F)cc2)CC1. The number of piperidine rings is 1. The number of amides is 2. The first kappa shape index (κ1) is 22.7. The van der Waals surface area contributed by atoms with Crippen molar-refractivity contribution in [3.05, 3.63) is 35.4 Å². The lowest BCUT2D eigenvalue weighted by Crippen LogP contribution is -2.44. The highest BCUT2D eigenvalue weighted by Crippen LogP contribution is 2.29. The molecule has 2 amide bonds. The van der Waals surface area contributed by atoms with Crippen LogP contribution in [0.3, 0.4) is 0 Å². The Morgan fingerprint density at radius 2 is 1.62 bits per heavy atom. The Morgan fingerprint density at radius 1 is 1.07 bits per heavy atom. The second-order valence-electron chi connectivity index (χ2n) is 8.05. The fourth-order valence-corrected chi connectivity index (χ4v) is 3.01. The maximum absolute atomic E-state index is 12.6. The number of hydrogen-bond acceptors (Lipinski definition) is 4. The van der Waals surface area contributed by atoms with E-state index in [-0.39, 0.29) is 37.1 Å². The average Bonchev–Trinajstić information content (AvgIpc) is 2.63. The van der Waals surface area contributed by atoms with Crippen LogP contribution in [0.1, 0.15) is 49.5 Å². The van der Waals surface area contributed by atoms with Crippen molar-refractivity contribution in [2.45, 2.75) is 45.3 Å². The van der Waals surface area contributed by atoms with Crippen molar-refractivity contribution in [2.75, 3.05) is 19.7 Å².